The molecule has 11 aromatic rings. The molecule has 0 amide bonds. The lowest BCUT2D eigenvalue weighted by atomic mass is 9.87. The SMILES string of the molecule is Cc1cccc(-c2nc(-c3ccc4c(c3)c3ccccc3c3c5ccccc5c5ccccc5c43)nc(-c3cccc4oc5ccccc5c34)n2)c1. The summed E-state index contributed by atoms with van der Waals surface area (Å²) in [5, 5.41) is 14.5. The second-order valence-electron chi connectivity index (χ2n) is 13.6. The Morgan fingerprint density at radius 2 is 0.846 bits per heavy atom. The fourth-order valence-electron chi connectivity index (χ4n) is 8.26. The fraction of sp³-hybridized carbons (Fsp3) is 0.0208. The van der Waals surface area contributed by atoms with E-state index in [1.807, 2.05) is 30.3 Å². The summed E-state index contributed by atoms with van der Waals surface area (Å²) in [4.78, 5) is 15.5. The molecule has 0 atom stereocenters. The Hall–Kier alpha value is -6.91. The molecule has 4 nitrogen and oxygen atoms in total. The van der Waals surface area contributed by atoms with Gasteiger partial charge < -0.3 is 4.42 Å². The molecule has 2 aromatic heterocycles. The van der Waals surface area contributed by atoms with Crippen molar-refractivity contribution in [3.05, 3.63) is 163 Å². The molecule has 242 valence electrons. The van der Waals surface area contributed by atoms with Crippen LogP contribution in [0.3, 0.4) is 0 Å². The van der Waals surface area contributed by atoms with E-state index >= 15 is 0 Å². The number of benzene rings is 9. The van der Waals surface area contributed by atoms with E-state index in [1.165, 1.54) is 53.9 Å². The predicted octanol–water partition coefficient (Wildman–Crippen LogP) is 12.8. The van der Waals surface area contributed by atoms with E-state index in [2.05, 4.69) is 134 Å². The van der Waals surface area contributed by atoms with Gasteiger partial charge in [-0.2, -0.15) is 0 Å². The Labute approximate surface area is 298 Å². The third kappa shape index (κ3) is 4.25. The van der Waals surface area contributed by atoms with E-state index in [-0.39, 0.29) is 0 Å². The standard InChI is InChI=1S/C48H29N3O/c1-28-12-10-13-29(26-28)46-49-47(51-48(50-46)39-21-11-23-42-43(39)38-20-8-9-22-41(38)52-42)30-24-25-37-40(27-30)33-16-4-7-19-36(33)44-34-17-5-2-14-31(34)32-15-3-6-18-35(32)45(37)44/h2-27H,1H3. The first kappa shape index (κ1) is 28.9. The Morgan fingerprint density at radius 3 is 1.50 bits per heavy atom. The van der Waals surface area contributed by atoms with Gasteiger partial charge in [-0.05, 0) is 85.1 Å². The van der Waals surface area contributed by atoms with Crippen LogP contribution in [0.2, 0.25) is 0 Å². The van der Waals surface area contributed by atoms with Gasteiger partial charge in [0.15, 0.2) is 17.5 Å². The minimum absolute atomic E-state index is 0.611. The van der Waals surface area contributed by atoms with Gasteiger partial charge in [-0.15, -0.1) is 0 Å². The average Bonchev–Trinajstić information content (AvgIpc) is 3.59. The van der Waals surface area contributed by atoms with Crippen LogP contribution in [0.4, 0.5) is 0 Å². The molecule has 0 saturated carbocycles. The van der Waals surface area contributed by atoms with Crippen LogP contribution in [0.25, 0.3) is 110 Å². The highest BCUT2D eigenvalue weighted by Gasteiger charge is 2.20. The maximum absolute atomic E-state index is 6.27. The summed E-state index contributed by atoms with van der Waals surface area (Å²) in [6, 6.07) is 55.7. The van der Waals surface area contributed by atoms with Crippen LogP contribution in [0, 0.1) is 6.92 Å². The van der Waals surface area contributed by atoms with Gasteiger partial charge in [-0.3, -0.25) is 0 Å². The molecule has 0 radical (unpaired) electrons. The van der Waals surface area contributed by atoms with Crippen molar-refractivity contribution >= 4 is 75.8 Å². The number of aryl methyl sites for hydroxylation is 1. The number of furan rings is 1. The van der Waals surface area contributed by atoms with Crippen molar-refractivity contribution in [2.24, 2.45) is 0 Å². The minimum Gasteiger partial charge on any atom is -0.456 e. The second kappa shape index (κ2) is 11.0. The molecule has 11 rings (SSSR count). The highest BCUT2D eigenvalue weighted by Crippen LogP contribution is 2.45. The van der Waals surface area contributed by atoms with E-state index in [0.717, 1.165) is 44.2 Å². The molecular formula is C48H29N3O. The van der Waals surface area contributed by atoms with Crippen molar-refractivity contribution in [3.8, 4) is 34.2 Å². The number of fused-ring (bicyclic) bond motifs is 14. The summed E-state index contributed by atoms with van der Waals surface area (Å²) in [5.41, 5.74) is 5.59. The molecule has 0 N–H and O–H groups in total. The summed E-state index contributed by atoms with van der Waals surface area (Å²) < 4.78 is 6.27. The van der Waals surface area contributed by atoms with Crippen molar-refractivity contribution < 1.29 is 4.42 Å². The zero-order chi connectivity index (χ0) is 34.3. The van der Waals surface area contributed by atoms with Gasteiger partial charge in [-0.1, -0.05) is 139 Å². The normalized spacial score (nSPS) is 11.9. The summed E-state index contributed by atoms with van der Waals surface area (Å²) in [7, 11) is 0. The molecule has 2 heterocycles. The number of hydrogen-bond acceptors (Lipinski definition) is 4. The number of hydrogen-bond donors (Lipinski definition) is 0. The molecule has 0 spiro atoms. The monoisotopic (exact) mass is 663 g/mol. The number of aromatic nitrogens is 3. The molecule has 0 saturated heterocycles. The predicted molar refractivity (Wildman–Crippen MR) is 216 cm³/mol. The molecule has 0 aliphatic heterocycles. The summed E-state index contributed by atoms with van der Waals surface area (Å²) in [6.45, 7) is 2.09. The maximum atomic E-state index is 6.27. The van der Waals surface area contributed by atoms with Gasteiger partial charge in [0.2, 0.25) is 0 Å². The summed E-state index contributed by atoms with van der Waals surface area (Å²) in [6.07, 6.45) is 0. The van der Waals surface area contributed by atoms with Crippen molar-refractivity contribution in [3.63, 3.8) is 0 Å². The number of nitrogens with zero attached hydrogens (tertiary/aromatic N) is 3. The van der Waals surface area contributed by atoms with E-state index < -0.39 is 0 Å². The number of rotatable bonds is 3. The Balaban J connectivity index is 1.23. The van der Waals surface area contributed by atoms with Crippen molar-refractivity contribution in [2.75, 3.05) is 0 Å². The largest absolute Gasteiger partial charge is 0.456 e. The first-order valence-electron chi connectivity index (χ1n) is 17.6. The highest BCUT2D eigenvalue weighted by molar-refractivity contribution is 6.39. The van der Waals surface area contributed by atoms with Gasteiger partial charge in [0.05, 0.1) is 0 Å². The van der Waals surface area contributed by atoms with Crippen LogP contribution in [-0.4, -0.2) is 15.0 Å². The molecule has 9 aromatic carbocycles. The molecule has 0 aliphatic rings. The van der Waals surface area contributed by atoms with E-state index in [0.29, 0.717) is 17.5 Å². The first-order valence-corrected chi connectivity index (χ1v) is 17.6. The molecule has 52 heavy (non-hydrogen) atoms. The Bertz CT molecular complexity index is 3270. The maximum Gasteiger partial charge on any atom is 0.164 e. The van der Waals surface area contributed by atoms with Gasteiger partial charge in [0.25, 0.3) is 0 Å². The van der Waals surface area contributed by atoms with Crippen LogP contribution >= 0.6 is 0 Å². The summed E-state index contributed by atoms with van der Waals surface area (Å²) >= 11 is 0. The van der Waals surface area contributed by atoms with Crippen molar-refractivity contribution in [2.45, 2.75) is 6.92 Å². The fourth-order valence-corrected chi connectivity index (χ4v) is 8.26. The van der Waals surface area contributed by atoms with Crippen molar-refractivity contribution in [1.82, 2.24) is 15.0 Å². The van der Waals surface area contributed by atoms with Crippen molar-refractivity contribution in [1.29, 1.82) is 0 Å². The molecule has 0 aliphatic carbocycles. The Kier molecular flexibility index (Phi) is 6.13. The van der Waals surface area contributed by atoms with E-state index in [1.54, 1.807) is 0 Å². The highest BCUT2D eigenvalue weighted by atomic mass is 16.3. The van der Waals surface area contributed by atoms with Gasteiger partial charge in [-0.25, -0.2) is 15.0 Å². The van der Waals surface area contributed by atoms with Gasteiger partial charge in [0, 0.05) is 27.5 Å². The smallest absolute Gasteiger partial charge is 0.164 e. The lowest BCUT2D eigenvalue weighted by molar-refractivity contribution is 0.669. The molecule has 0 bridgehead atoms. The van der Waals surface area contributed by atoms with E-state index in [4.69, 9.17) is 19.4 Å². The molecular weight excluding hydrogens is 635 g/mol. The zero-order valence-electron chi connectivity index (χ0n) is 28.3. The van der Waals surface area contributed by atoms with Gasteiger partial charge >= 0.3 is 0 Å². The lowest BCUT2D eigenvalue weighted by Gasteiger charge is -2.17. The van der Waals surface area contributed by atoms with Gasteiger partial charge in [0.1, 0.15) is 11.2 Å². The summed E-state index contributed by atoms with van der Waals surface area (Å²) in [5.74, 6) is 1.87. The number of para-hydroxylation sites is 1. The first-order chi connectivity index (χ1) is 25.7. The van der Waals surface area contributed by atoms with Crippen LogP contribution in [0.1, 0.15) is 5.56 Å². The molecule has 0 unspecified atom stereocenters. The van der Waals surface area contributed by atoms with Crippen LogP contribution < -0.4 is 0 Å². The lowest BCUT2D eigenvalue weighted by Crippen LogP contribution is -2.00. The third-order valence-electron chi connectivity index (χ3n) is 10.5. The van der Waals surface area contributed by atoms with Crippen LogP contribution in [0.5, 0.6) is 0 Å². The average molecular weight is 664 g/mol. The topological polar surface area (TPSA) is 51.8 Å². The quantitative estimate of drug-likeness (QED) is 0.177. The zero-order valence-corrected chi connectivity index (χ0v) is 28.3. The van der Waals surface area contributed by atoms with E-state index in [9.17, 15) is 0 Å². The minimum atomic E-state index is 0.611. The van der Waals surface area contributed by atoms with Crippen LogP contribution in [-0.2, 0) is 0 Å². The molecule has 4 heteroatoms. The third-order valence-corrected chi connectivity index (χ3v) is 10.5. The molecule has 0 fully saturated rings. The second-order valence-corrected chi connectivity index (χ2v) is 13.6. The Morgan fingerprint density at radius 1 is 0.346 bits per heavy atom. The van der Waals surface area contributed by atoms with Crippen LogP contribution in [0.15, 0.2) is 162 Å².